The van der Waals surface area contributed by atoms with E-state index in [2.05, 4.69) is 47.4 Å². The molecular weight excluding hydrogens is 272 g/mol. The van der Waals surface area contributed by atoms with E-state index in [1.165, 1.54) is 24.0 Å². The van der Waals surface area contributed by atoms with Crippen LogP contribution in [0, 0.1) is 19.8 Å². The van der Waals surface area contributed by atoms with Crippen LogP contribution >= 0.6 is 0 Å². The summed E-state index contributed by atoms with van der Waals surface area (Å²) in [7, 11) is 0. The number of hydrogen-bond acceptors (Lipinski definition) is 3. The summed E-state index contributed by atoms with van der Waals surface area (Å²) >= 11 is 0. The van der Waals surface area contributed by atoms with E-state index in [1.807, 2.05) is 6.20 Å². The fraction of sp³-hybridized carbons (Fsp3) is 0.333. The van der Waals surface area contributed by atoms with Crippen LogP contribution in [0.2, 0.25) is 0 Å². The number of nitrogens with one attached hydrogen (secondary N) is 1. The first kappa shape index (κ1) is 13.3. The van der Waals surface area contributed by atoms with E-state index in [4.69, 9.17) is 4.99 Å². The SMILES string of the molecule is C=C1c2cc(C)cc(C)c2N=C(CC2CC2)N1c1c[nH]cn1. The molecule has 1 aliphatic heterocycles. The summed E-state index contributed by atoms with van der Waals surface area (Å²) in [5, 5.41) is 0. The fourth-order valence-electron chi connectivity index (χ4n) is 3.15. The van der Waals surface area contributed by atoms with Gasteiger partial charge in [-0.2, -0.15) is 0 Å². The van der Waals surface area contributed by atoms with Gasteiger partial charge in [-0.1, -0.05) is 18.2 Å². The van der Waals surface area contributed by atoms with Crippen molar-refractivity contribution in [1.82, 2.24) is 9.97 Å². The molecule has 0 spiro atoms. The standard InChI is InChI=1S/C18H20N4/c1-11-6-12(2)18-15(7-11)13(3)22(17-9-19-10-20-17)16(21-18)8-14-4-5-14/h6-7,9-10,14H,3-5,8H2,1-2H3,(H,19,20). The summed E-state index contributed by atoms with van der Waals surface area (Å²) in [6, 6.07) is 4.36. The van der Waals surface area contributed by atoms with Gasteiger partial charge in [0.2, 0.25) is 0 Å². The highest BCUT2D eigenvalue weighted by Gasteiger charge is 2.32. The first-order chi connectivity index (χ1) is 10.6. The number of aromatic nitrogens is 2. The van der Waals surface area contributed by atoms with Crippen molar-refractivity contribution in [2.75, 3.05) is 4.90 Å². The smallest absolute Gasteiger partial charge is 0.156 e. The second-order valence-electron chi connectivity index (χ2n) is 6.36. The molecule has 2 heterocycles. The minimum atomic E-state index is 0.764. The lowest BCUT2D eigenvalue weighted by atomic mass is 9.99. The normalized spacial score (nSPS) is 17.5. The molecule has 1 aromatic heterocycles. The topological polar surface area (TPSA) is 44.3 Å². The number of fused-ring (bicyclic) bond motifs is 1. The van der Waals surface area contributed by atoms with E-state index >= 15 is 0 Å². The summed E-state index contributed by atoms with van der Waals surface area (Å²) in [5.41, 5.74) is 5.60. The molecule has 2 aliphatic rings. The Morgan fingerprint density at radius 3 is 2.82 bits per heavy atom. The number of aromatic amines is 1. The molecule has 0 amide bonds. The predicted molar refractivity (Wildman–Crippen MR) is 90.5 cm³/mol. The Labute approximate surface area is 130 Å². The zero-order valence-electron chi connectivity index (χ0n) is 13.1. The van der Waals surface area contributed by atoms with Crippen LogP contribution in [-0.2, 0) is 0 Å². The van der Waals surface area contributed by atoms with Crippen molar-refractivity contribution >= 4 is 23.0 Å². The predicted octanol–water partition coefficient (Wildman–Crippen LogP) is 4.35. The molecule has 4 heteroatoms. The molecule has 22 heavy (non-hydrogen) atoms. The van der Waals surface area contributed by atoms with Crippen molar-refractivity contribution in [2.24, 2.45) is 10.9 Å². The average Bonchev–Trinajstić information content (AvgIpc) is 3.12. The number of imidazole rings is 1. The average molecular weight is 292 g/mol. The van der Waals surface area contributed by atoms with Crippen molar-refractivity contribution in [3.05, 3.63) is 47.9 Å². The second-order valence-corrected chi connectivity index (χ2v) is 6.36. The molecule has 1 saturated carbocycles. The van der Waals surface area contributed by atoms with Crippen LogP contribution in [0.5, 0.6) is 0 Å². The van der Waals surface area contributed by atoms with Gasteiger partial charge >= 0.3 is 0 Å². The maximum atomic E-state index is 4.98. The molecule has 1 fully saturated rings. The Kier molecular flexibility index (Phi) is 2.93. The number of rotatable bonds is 3. The monoisotopic (exact) mass is 292 g/mol. The molecule has 4 rings (SSSR count). The molecule has 0 bridgehead atoms. The van der Waals surface area contributed by atoms with Gasteiger partial charge in [0, 0.05) is 18.2 Å². The molecule has 0 saturated heterocycles. The molecular formula is C18H20N4. The summed E-state index contributed by atoms with van der Waals surface area (Å²) in [4.78, 5) is 14.5. The van der Waals surface area contributed by atoms with Gasteiger partial charge in [0.1, 0.15) is 5.84 Å². The molecule has 2 aromatic rings. The lowest BCUT2D eigenvalue weighted by Crippen LogP contribution is -2.32. The number of aryl methyl sites for hydroxylation is 2. The number of benzene rings is 1. The summed E-state index contributed by atoms with van der Waals surface area (Å²) < 4.78 is 0. The van der Waals surface area contributed by atoms with E-state index in [0.717, 1.165) is 40.9 Å². The van der Waals surface area contributed by atoms with Crippen LogP contribution in [0.25, 0.3) is 5.70 Å². The minimum absolute atomic E-state index is 0.764. The lowest BCUT2D eigenvalue weighted by Gasteiger charge is -2.31. The van der Waals surface area contributed by atoms with Crippen LogP contribution in [0.1, 0.15) is 36.0 Å². The zero-order valence-corrected chi connectivity index (χ0v) is 13.1. The van der Waals surface area contributed by atoms with Crippen LogP contribution in [-0.4, -0.2) is 15.8 Å². The third kappa shape index (κ3) is 2.15. The maximum Gasteiger partial charge on any atom is 0.156 e. The van der Waals surface area contributed by atoms with Gasteiger partial charge in [-0.05, 0) is 44.2 Å². The number of nitrogens with zero attached hydrogens (tertiary/aromatic N) is 3. The van der Waals surface area contributed by atoms with Gasteiger partial charge < -0.3 is 4.98 Å². The highest BCUT2D eigenvalue weighted by Crippen LogP contribution is 2.42. The van der Waals surface area contributed by atoms with Crippen LogP contribution in [0.15, 0.2) is 36.2 Å². The van der Waals surface area contributed by atoms with Gasteiger partial charge in [0.25, 0.3) is 0 Å². The second kappa shape index (κ2) is 4.83. The Morgan fingerprint density at radius 1 is 1.32 bits per heavy atom. The molecule has 112 valence electrons. The highest BCUT2D eigenvalue weighted by molar-refractivity contribution is 6.12. The molecule has 0 atom stereocenters. The van der Waals surface area contributed by atoms with E-state index < -0.39 is 0 Å². The van der Waals surface area contributed by atoms with Gasteiger partial charge in [-0.25, -0.2) is 9.98 Å². The first-order valence-corrected chi connectivity index (χ1v) is 7.80. The largest absolute Gasteiger partial charge is 0.349 e. The number of aliphatic imine (C=N–C) groups is 1. The fourth-order valence-corrected chi connectivity index (χ4v) is 3.15. The molecule has 0 radical (unpaired) electrons. The van der Waals surface area contributed by atoms with Crippen LogP contribution < -0.4 is 4.90 Å². The minimum Gasteiger partial charge on any atom is -0.349 e. The van der Waals surface area contributed by atoms with Crippen LogP contribution in [0.3, 0.4) is 0 Å². The Morgan fingerprint density at radius 2 is 2.14 bits per heavy atom. The zero-order chi connectivity index (χ0) is 15.3. The molecule has 4 nitrogen and oxygen atoms in total. The molecule has 1 aromatic carbocycles. The third-order valence-corrected chi connectivity index (χ3v) is 4.41. The molecule has 0 unspecified atom stereocenters. The quantitative estimate of drug-likeness (QED) is 0.914. The van der Waals surface area contributed by atoms with Gasteiger partial charge in [-0.15, -0.1) is 0 Å². The number of H-pyrrole nitrogens is 1. The van der Waals surface area contributed by atoms with E-state index in [1.54, 1.807) is 6.33 Å². The first-order valence-electron chi connectivity index (χ1n) is 7.80. The summed E-state index contributed by atoms with van der Waals surface area (Å²) in [6.45, 7) is 8.58. The summed E-state index contributed by atoms with van der Waals surface area (Å²) in [5.74, 6) is 2.70. The van der Waals surface area contributed by atoms with Crippen molar-refractivity contribution in [2.45, 2.75) is 33.1 Å². The van der Waals surface area contributed by atoms with Crippen LogP contribution in [0.4, 0.5) is 11.5 Å². The van der Waals surface area contributed by atoms with E-state index in [0.29, 0.717) is 0 Å². The Balaban J connectivity index is 1.87. The number of anilines is 1. The van der Waals surface area contributed by atoms with Crippen molar-refractivity contribution in [1.29, 1.82) is 0 Å². The number of amidine groups is 1. The van der Waals surface area contributed by atoms with Gasteiger partial charge in [-0.3, -0.25) is 4.90 Å². The summed E-state index contributed by atoms with van der Waals surface area (Å²) in [6.07, 6.45) is 7.22. The Bertz CT molecular complexity index is 767. The van der Waals surface area contributed by atoms with Gasteiger partial charge in [0.15, 0.2) is 5.82 Å². The van der Waals surface area contributed by atoms with E-state index in [-0.39, 0.29) is 0 Å². The van der Waals surface area contributed by atoms with Crippen molar-refractivity contribution in [3.63, 3.8) is 0 Å². The van der Waals surface area contributed by atoms with Gasteiger partial charge in [0.05, 0.1) is 17.7 Å². The maximum absolute atomic E-state index is 4.98. The lowest BCUT2D eigenvalue weighted by molar-refractivity contribution is 0.879. The van der Waals surface area contributed by atoms with E-state index in [9.17, 15) is 0 Å². The highest BCUT2D eigenvalue weighted by atomic mass is 15.3. The number of hydrogen-bond donors (Lipinski definition) is 1. The van der Waals surface area contributed by atoms with Crippen molar-refractivity contribution < 1.29 is 0 Å². The Hall–Kier alpha value is -2.36. The third-order valence-electron chi connectivity index (χ3n) is 4.41. The van der Waals surface area contributed by atoms with Crippen molar-refractivity contribution in [3.8, 4) is 0 Å². The molecule has 1 N–H and O–H groups in total. The molecule has 1 aliphatic carbocycles.